The van der Waals surface area contributed by atoms with Crippen molar-refractivity contribution in [1.29, 1.82) is 0 Å². The Labute approximate surface area is 208 Å². The van der Waals surface area contributed by atoms with Crippen molar-refractivity contribution >= 4 is 49.9 Å². The minimum Gasteiger partial charge on any atom is -0.383 e. The Morgan fingerprint density at radius 3 is 2.66 bits per heavy atom. The topological polar surface area (TPSA) is 120 Å². The third-order valence-corrected chi connectivity index (χ3v) is 8.42. The van der Waals surface area contributed by atoms with Gasteiger partial charge in [0.2, 0.25) is 0 Å². The van der Waals surface area contributed by atoms with Crippen LogP contribution in [0.15, 0.2) is 59.9 Å². The second-order valence-electron chi connectivity index (χ2n) is 8.72. The highest BCUT2D eigenvalue weighted by atomic mass is 35.5. The Bertz CT molecular complexity index is 1560. The quantitative estimate of drug-likeness (QED) is 0.348. The highest BCUT2D eigenvalue weighted by molar-refractivity contribution is 7.92. The second kappa shape index (κ2) is 8.98. The zero-order chi connectivity index (χ0) is 24.7. The maximum Gasteiger partial charge on any atom is 0.262 e. The highest BCUT2D eigenvalue weighted by Crippen LogP contribution is 2.35. The van der Waals surface area contributed by atoms with E-state index in [0.717, 1.165) is 25.7 Å². The van der Waals surface area contributed by atoms with Crippen LogP contribution in [0.4, 0.5) is 11.5 Å². The van der Waals surface area contributed by atoms with Gasteiger partial charge in [-0.3, -0.25) is 9.52 Å². The maximum absolute atomic E-state index is 13.6. The van der Waals surface area contributed by atoms with Crippen LogP contribution in [-0.2, 0) is 10.0 Å². The summed E-state index contributed by atoms with van der Waals surface area (Å²) in [6.07, 6.45) is 7.50. The van der Waals surface area contributed by atoms with Gasteiger partial charge in [0.15, 0.2) is 5.78 Å². The number of fused-ring (bicyclic) bond motifs is 1. The molecule has 4 aromatic rings. The van der Waals surface area contributed by atoms with Gasteiger partial charge in [0.25, 0.3) is 10.0 Å². The summed E-state index contributed by atoms with van der Waals surface area (Å²) in [6.45, 7) is 1.64. The summed E-state index contributed by atoms with van der Waals surface area (Å²) < 4.78 is 30.6. The van der Waals surface area contributed by atoms with Crippen LogP contribution in [0.5, 0.6) is 0 Å². The summed E-state index contributed by atoms with van der Waals surface area (Å²) in [4.78, 5) is 22.2. The average Bonchev–Trinajstić information content (AvgIpc) is 3.49. The molecule has 35 heavy (non-hydrogen) atoms. The fourth-order valence-corrected chi connectivity index (χ4v) is 6.26. The Morgan fingerprint density at radius 2 is 1.89 bits per heavy atom. The minimum atomic E-state index is -3.91. The van der Waals surface area contributed by atoms with Gasteiger partial charge in [-0.15, -0.1) is 0 Å². The number of hydrogen-bond donors (Lipinski definition) is 2. The lowest BCUT2D eigenvalue weighted by molar-refractivity contribution is 0.104. The molecule has 8 nitrogen and oxygen atoms in total. The van der Waals surface area contributed by atoms with Gasteiger partial charge in [-0.1, -0.05) is 42.6 Å². The van der Waals surface area contributed by atoms with E-state index in [0.29, 0.717) is 32.7 Å². The van der Waals surface area contributed by atoms with Crippen molar-refractivity contribution in [3.8, 4) is 0 Å². The molecule has 1 aliphatic carbocycles. The molecule has 0 bridgehead atoms. The third kappa shape index (κ3) is 4.26. The molecule has 2 heterocycles. The number of sulfonamides is 1. The molecule has 1 fully saturated rings. The van der Waals surface area contributed by atoms with E-state index in [4.69, 9.17) is 17.3 Å². The Hall–Kier alpha value is -3.43. The first-order valence-corrected chi connectivity index (χ1v) is 13.2. The molecule has 0 saturated heterocycles. The normalized spacial score (nSPS) is 14.5. The summed E-state index contributed by atoms with van der Waals surface area (Å²) >= 11 is 6.11. The van der Waals surface area contributed by atoms with Crippen LogP contribution < -0.4 is 10.5 Å². The van der Waals surface area contributed by atoms with Gasteiger partial charge in [-0.2, -0.15) is 0 Å². The molecular formula is C25H24ClN5O3S. The average molecular weight is 510 g/mol. The predicted molar refractivity (Wildman–Crippen MR) is 136 cm³/mol. The van der Waals surface area contributed by atoms with Gasteiger partial charge in [0.1, 0.15) is 17.8 Å². The highest BCUT2D eigenvalue weighted by Gasteiger charge is 2.26. The van der Waals surface area contributed by atoms with Crippen LogP contribution in [0, 0.1) is 6.92 Å². The van der Waals surface area contributed by atoms with E-state index >= 15 is 0 Å². The first kappa shape index (κ1) is 23.3. The molecule has 0 atom stereocenters. The number of carbonyl (C=O) groups is 1. The molecule has 0 aliphatic heterocycles. The number of rotatable bonds is 6. The molecule has 1 saturated carbocycles. The van der Waals surface area contributed by atoms with E-state index < -0.39 is 10.0 Å². The Kier molecular flexibility index (Phi) is 5.98. The first-order valence-electron chi connectivity index (χ1n) is 11.3. The minimum absolute atomic E-state index is 0.0753. The number of nitrogen functional groups attached to an aromatic ring is 1. The largest absolute Gasteiger partial charge is 0.383 e. The molecule has 2 aromatic heterocycles. The van der Waals surface area contributed by atoms with Crippen LogP contribution in [0.1, 0.15) is 53.2 Å². The Balaban J connectivity index is 1.52. The number of benzene rings is 2. The smallest absolute Gasteiger partial charge is 0.262 e. The molecule has 1 aliphatic rings. The monoisotopic (exact) mass is 509 g/mol. The van der Waals surface area contributed by atoms with Gasteiger partial charge in [0, 0.05) is 28.5 Å². The number of nitrogens with zero attached hydrogens (tertiary/aromatic N) is 3. The molecule has 2 aromatic carbocycles. The maximum atomic E-state index is 13.6. The lowest BCUT2D eigenvalue weighted by Gasteiger charge is -2.12. The van der Waals surface area contributed by atoms with Crippen LogP contribution in [0.25, 0.3) is 11.0 Å². The molecular weight excluding hydrogens is 486 g/mol. The Morgan fingerprint density at radius 1 is 1.14 bits per heavy atom. The predicted octanol–water partition coefficient (Wildman–Crippen LogP) is 5.12. The van der Waals surface area contributed by atoms with E-state index in [1.807, 2.05) is 4.57 Å². The van der Waals surface area contributed by atoms with E-state index in [-0.39, 0.29) is 28.2 Å². The summed E-state index contributed by atoms with van der Waals surface area (Å²) in [5, 5.41) is 0.875. The van der Waals surface area contributed by atoms with Crippen molar-refractivity contribution in [2.24, 2.45) is 0 Å². The van der Waals surface area contributed by atoms with E-state index in [2.05, 4.69) is 14.7 Å². The second-order valence-corrected chi connectivity index (χ2v) is 10.8. The molecule has 3 N–H and O–H groups in total. The molecule has 0 amide bonds. The zero-order valence-electron chi connectivity index (χ0n) is 19.0. The standard InChI is InChI=1S/C25H24ClN5O3S/c1-15-20(26)10-5-11-21(15)35(33,34)30-17-7-4-6-16(12-17)23(32)19-13-31(18-8-2-3-9-18)25-22(19)24(27)28-14-29-25/h4-7,10-14,18,30H,2-3,8-9H2,1H3,(H2,27,28,29). The van der Waals surface area contributed by atoms with Crippen molar-refractivity contribution in [2.75, 3.05) is 10.5 Å². The van der Waals surface area contributed by atoms with Gasteiger partial charge in [-0.25, -0.2) is 18.4 Å². The molecule has 10 heteroatoms. The van der Waals surface area contributed by atoms with Crippen molar-refractivity contribution in [3.05, 3.63) is 76.7 Å². The summed E-state index contributed by atoms with van der Waals surface area (Å²) in [6, 6.07) is 11.3. The number of carbonyl (C=O) groups excluding carboxylic acids is 1. The zero-order valence-corrected chi connectivity index (χ0v) is 20.6. The van der Waals surface area contributed by atoms with Crippen LogP contribution in [0.3, 0.4) is 0 Å². The van der Waals surface area contributed by atoms with Crippen molar-refractivity contribution in [3.63, 3.8) is 0 Å². The third-order valence-electron chi connectivity index (χ3n) is 6.49. The lowest BCUT2D eigenvalue weighted by Crippen LogP contribution is -2.15. The number of hydrogen-bond acceptors (Lipinski definition) is 6. The SMILES string of the molecule is Cc1c(Cl)cccc1S(=O)(=O)Nc1cccc(C(=O)c2cn(C3CCCC3)c3ncnc(N)c23)c1. The lowest BCUT2D eigenvalue weighted by atomic mass is 10.0. The molecule has 5 rings (SSSR count). The number of nitrogens with one attached hydrogen (secondary N) is 1. The number of ketones is 1. The number of halogens is 1. The fourth-order valence-electron chi connectivity index (χ4n) is 4.71. The van der Waals surface area contributed by atoms with Crippen molar-refractivity contribution in [1.82, 2.24) is 14.5 Å². The van der Waals surface area contributed by atoms with Gasteiger partial charge in [-0.05, 0) is 49.6 Å². The van der Waals surface area contributed by atoms with Crippen LogP contribution >= 0.6 is 11.6 Å². The van der Waals surface area contributed by atoms with Crippen LogP contribution in [-0.4, -0.2) is 28.7 Å². The summed E-state index contributed by atoms with van der Waals surface area (Å²) in [7, 11) is -3.91. The van der Waals surface area contributed by atoms with Crippen molar-refractivity contribution < 1.29 is 13.2 Å². The van der Waals surface area contributed by atoms with Gasteiger partial charge >= 0.3 is 0 Å². The van der Waals surface area contributed by atoms with Crippen molar-refractivity contribution in [2.45, 2.75) is 43.5 Å². The molecule has 0 unspecified atom stereocenters. The molecule has 0 radical (unpaired) electrons. The van der Waals surface area contributed by atoms with E-state index in [9.17, 15) is 13.2 Å². The number of aromatic nitrogens is 3. The summed E-state index contributed by atoms with van der Waals surface area (Å²) in [5.74, 6) is -0.0448. The summed E-state index contributed by atoms with van der Waals surface area (Å²) in [5.41, 5.74) is 8.24. The van der Waals surface area contributed by atoms with Gasteiger partial charge in [0.05, 0.1) is 15.8 Å². The first-order chi connectivity index (χ1) is 16.8. The van der Waals surface area contributed by atoms with Gasteiger partial charge < -0.3 is 10.3 Å². The van der Waals surface area contributed by atoms with E-state index in [1.54, 1.807) is 43.5 Å². The molecule has 180 valence electrons. The molecule has 0 spiro atoms. The van der Waals surface area contributed by atoms with E-state index in [1.165, 1.54) is 18.5 Å². The number of nitrogens with two attached hydrogens (primary N) is 1. The van der Waals surface area contributed by atoms with Crippen LogP contribution in [0.2, 0.25) is 5.02 Å². The fraction of sp³-hybridized carbons (Fsp3) is 0.240. The number of anilines is 2.